The number of fused-ring (bicyclic) bond motifs is 1. The number of aromatic nitrogens is 2. The maximum absolute atomic E-state index is 12.5. The van der Waals surface area contributed by atoms with Gasteiger partial charge in [-0.2, -0.15) is 0 Å². The number of sulfone groups is 1. The predicted molar refractivity (Wildman–Crippen MR) is 83.6 cm³/mol. The lowest BCUT2D eigenvalue weighted by Crippen LogP contribution is -2.30. The fourth-order valence-electron chi connectivity index (χ4n) is 2.76. The van der Waals surface area contributed by atoms with Gasteiger partial charge in [0.05, 0.1) is 16.2 Å². The molecule has 0 saturated carbocycles. The van der Waals surface area contributed by atoms with E-state index in [-0.39, 0.29) is 17.1 Å². The Hall–Kier alpha value is -1.73. The van der Waals surface area contributed by atoms with E-state index in [1.807, 2.05) is 13.0 Å². The topological polar surface area (TPSA) is 89.1 Å². The molecule has 0 aliphatic carbocycles. The Bertz CT molecular complexity index is 851. The summed E-state index contributed by atoms with van der Waals surface area (Å²) in [6, 6.07) is 5.32. The average Bonchev–Trinajstić information content (AvgIpc) is 2.49. The third kappa shape index (κ3) is 2.91. The lowest BCUT2D eigenvalue weighted by molar-refractivity contribution is 0.0983. The van der Waals surface area contributed by atoms with Gasteiger partial charge in [0.15, 0.2) is 9.84 Å². The molecule has 1 aromatic heterocycles. The molecule has 2 aromatic rings. The molecule has 7 heteroatoms. The first-order chi connectivity index (χ1) is 10.5. The van der Waals surface area contributed by atoms with Gasteiger partial charge in [-0.3, -0.25) is 4.79 Å². The van der Waals surface area contributed by atoms with Crippen molar-refractivity contribution in [1.29, 1.82) is 0 Å². The van der Waals surface area contributed by atoms with Crippen LogP contribution in [0.3, 0.4) is 0 Å². The van der Waals surface area contributed by atoms with Gasteiger partial charge in [-0.15, -0.1) is 0 Å². The number of aryl methyl sites for hydroxylation is 1. The second kappa shape index (κ2) is 5.81. The highest BCUT2D eigenvalue weighted by Gasteiger charge is 2.28. The number of aromatic amines is 1. The SMILES string of the molecule is Cc1cccc2c(=O)[nH]c(CS(=O)(=O)C3CCOCC3)nc12. The normalized spacial score (nSPS) is 17.0. The number of hydrogen-bond acceptors (Lipinski definition) is 5. The van der Waals surface area contributed by atoms with Gasteiger partial charge in [0.25, 0.3) is 5.56 Å². The molecule has 1 aliphatic rings. The summed E-state index contributed by atoms with van der Waals surface area (Å²) in [4.78, 5) is 19.0. The van der Waals surface area contributed by atoms with Crippen molar-refractivity contribution in [2.24, 2.45) is 0 Å². The molecule has 0 amide bonds. The number of hydrogen-bond donors (Lipinski definition) is 1. The minimum absolute atomic E-state index is 0.207. The Morgan fingerprint density at radius 2 is 2.05 bits per heavy atom. The molecule has 2 heterocycles. The Balaban J connectivity index is 1.97. The Morgan fingerprint density at radius 1 is 1.32 bits per heavy atom. The van der Waals surface area contributed by atoms with E-state index in [4.69, 9.17) is 4.74 Å². The smallest absolute Gasteiger partial charge is 0.258 e. The van der Waals surface area contributed by atoms with Gasteiger partial charge in [0, 0.05) is 13.2 Å². The summed E-state index contributed by atoms with van der Waals surface area (Å²) in [7, 11) is -3.35. The molecule has 0 radical (unpaired) electrons. The van der Waals surface area contributed by atoms with Crippen molar-refractivity contribution in [2.45, 2.75) is 30.8 Å². The standard InChI is InChI=1S/C15H18N2O4S/c1-10-3-2-4-12-14(10)16-13(17-15(12)18)9-22(19,20)11-5-7-21-8-6-11/h2-4,11H,5-9H2,1H3,(H,16,17,18). The van der Waals surface area contributed by atoms with Gasteiger partial charge in [0.2, 0.25) is 0 Å². The molecule has 3 rings (SSSR count). The van der Waals surface area contributed by atoms with E-state index in [9.17, 15) is 13.2 Å². The summed E-state index contributed by atoms with van der Waals surface area (Å²) in [6.07, 6.45) is 0.998. The fourth-order valence-corrected chi connectivity index (χ4v) is 4.43. The van der Waals surface area contributed by atoms with Gasteiger partial charge in [-0.1, -0.05) is 12.1 Å². The molecule has 0 unspecified atom stereocenters. The van der Waals surface area contributed by atoms with Crippen LogP contribution in [0.2, 0.25) is 0 Å². The highest BCUT2D eigenvalue weighted by Crippen LogP contribution is 2.20. The molecule has 118 valence electrons. The summed E-state index contributed by atoms with van der Waals surface area (Å²) in [5.74, 6) is -0.0322. The molecule has 1 aromatic carbocycles. The maximum atomic E-state index is 12.5. The number of H-pyrrole nitrogens is 1. The predicted octanol–water partition coefficient (Wildman–Crippen LogP) is 1.33. The van der Waals surface area contributed by atoms with Crippen LogP contribution in [0.5, 0.6) is 0 Å². The quantitative estimate of drug-likeness (QED) is 0.921. The van der Waals surface area contributed by atoms with Crippen molar-refractivity contribution in [3.8, 4) is 0 Å². The lowest BCUT2D eigenvalue weighted by Gasteiger charge is -2.21. The Kier molecular flexibility index (Phi) is 4.01. The molecule has 1 fully saturated rings. The second-order valence-electron chi connectivity index (χ2n) is 5.60. The molecule has 1 saturated heterocycles. The molecule has 0 bridgehead atoms. The number of nitrogens with one attached hydrogen (secondary N) is 1. The van der Waals surface area contributed by atoms with Crippen molar-refractivity contribution in [1.82, 2.24) is 9.97 Å². The zero-order valence-corrected chi connectivity index (χ0v) is 13.1. The van der Waals surface area contributed by atoms with E-state index in [2.05, 4.69) is 9.97 Å². The molecule has 1 N–H and O–H groups in total. The number of nitrogens with zero attached hydrogens (tertiary/aromatic N) is 1. The first-order valence-electron chi connectivity index (χ1n) is 7.25. The van der Waals surface area contributed by atoms with Gasteiger partial charge >= 0.3 is 0 Å². The highest BCUT2D eigenvalue weighted by atomic mass is 32.2. The minimum Gasteiger partial charge on any atom is -0.381 e. The Morgan fingerprint density at radius 3 is 2.77 bits per heavy atom. The van der Waals surface area contributed by atoms with Crippen LogP contribution in [-0.4, -0.2) is 36.8 Å². The van der Waals surface area contributed by atoms with Gasteiger partial charge < -0.3 is 9.72 Å². The molecule has 1 aliphatic heterocycles. The van der Waals surface area contributed by atoms with Crippen molar-refractivity contribution in [3.05, 3.63) is 39.9 Å². The number of benzene rings is 1. The maximum Gasteiger partial charge on any atom is 0.258 e. The van der Waals surface area contributed by atoms with Crippen molar-refractivity contribution in [3.63, 3.8) is 0 Å². The van der Waals surface area contributed by atoms with Crippen LogP contribution in [0, 0.1) is 6.92 Å². The van der Waals surface area contributed by atoms with Crippen LogP contribution < -0.4 is 5.56 Å². The lowest BCUT2D eigenvalue weighted by atomic mass is 10.1. The van der Waals surface area contributed by atoms with E-state index in [1.165, 1.54) is 0 Å². The van der Waals surface area contributed by atoms with E-state index in [0.29, 0.717) is 37.0 Å². The summed E-state index contributed by atoms with van der Waals surface area (Å²) >= 11 is 0. The summed E-state index contributed by atoms with van der Waals surface area (Å²) in [5.41, 5.74) is 1.11. The average molecular weight is 322 g/mol. The molecule has 0 atom stereocenters. The van der Waals surface area contributed by atoms with Crippen molar-refractivity contribution >= 4 is 20.7 Å². The Labute approximate surface area is 128 Å². The highest BCUT2D eigenvalue weighted by molar-refractivity contribution is 7.91. The van der Waals surface area contributed by atoms with Crippen LogP contribution in [0.15, 0.2) is 23.0 Å². The molecular formula is C15H18N2O4S. The summed E-state index contributed by atoms with van der Waals surface area (Å²) in [6.45, 7) is 2.78. The molecule has 6 nitrogen and oxygen atoms in total. The van der Waals surface area contributed by atoms with Crippen molar-refractivity contribution in [2.75, 3.05) is 13.2 Å². The van der Waals surface area contributed by atoms with Gasteiger partial charge in [0.1, 0.15) is 11.6 Å². The number of para-hydroxylation sites is 1. The second-order valence-corrected chi connectivity index (χ2v) is 7.88. The molecule has 22 heavy (non-hydrogen) atoms. The molecular weight excluding hydrogens is 304 g/mol. The minimum atomic E-state index is -3.35. The third-order valence-corrected chi connectivity index (χ3v) is 6.16. The van der Waals surface area contributed by atoms with E-state index in [0.717, 1.165) is 5.56 Å². The van der Waals surface area contributed by atoms with E-state index < -0.39 is 15.1 Å². The summed E-state index contributed by atoms with van der Waals surface area (Å²) < 4.78 is 30.1. The first-order valence-corrected chi connectivity index (χ1v) is 8.97. The fraction of sp³-hybridized carbons (Fsp3) is 0.467. The van der Waals surface area contributed by atoms with Crippen LogP contribution >= 0.6 is 0 Å². The largest absolute Gasteiger partial charge is 0.381 e. The first kappa shape index (κ1) is 15.2. The van der Waals surface area contributed by atoms with E-state index >= 15 is 0 Å². The number of rotatable bonds is 3. The van der Waals surface area contributed by atoms with Gasteiger partial charge in [-0.05, 0) is 31.4 Å². The van der Waals surface area contributed by atoms with Crippen LogP contribution in [0.25, 0.3) is 10.9 Å². The third-order valence-electron chi connectivity index (χ3n) is 4.00. The van der Waals surface area contributed by atoms with Crippen LogP contribution in [0.1, 0.15) is 24.2 Å². The zero-order chi connectivity index (χ0) is 15.7. The van der Waals surface area contributed by atoms with Gasteiger partial charge in [-0.25, -0.2) is 13.4 Å². The summed E-state index contributed by atoms with van der Waals surface area (Å²) in [5, 5.41) is 0.0614. The van der Waals surface area contributed by atoms with Crippen LogP contribution in [-0.2, 0) is 20.3 Å². The number of ether oxygens (including phenoxy) is 1. The van der Waals surface area contributed by atoms with Crippen LogP contribution in [0.4, 0.5) is 0 Å². The van der Waals surface area contributed by atoms with E-state index in [1.54, 1.807) is 12.1 Å². The zero-order valence-electron chi connectivity index (χ0n) is 12.3. The molecule has 0 spiro atoms. The monoisotopic (exact) mass is 322 g/mol. The van der Waals surface area contributed by atoms with Crippen molar-refractivity contribution < 1.29 is 13.2 Å².